The van der Waals surface area contributed by atoms with Crippen LogP contribution in [0.25, 0.3) is 0 Å². The summed E-state index contributed by atoms with van der Waals surface area (Å²) in [5.41, 5.74) is 2.88. The van der Waals surface area contributed by atoms with Gasteiger partial charge in [0.25, 0.3) is 0 Å². The third kappa shape index (κ3) is 3.22. The van der Waals surface area contributed by atoms with E-state index in [1.807, 2.05) is 31.3 Å². The Morgan fingerprint density at radius 2 is 2.15 bits per heavy atom. The fourth-order valence-corrected chi connectivity index (χ4v) is 2.78. The molecule has 0 aliphatic rings. The lowest BCUT2D eigenvalue weighted by Crippen LogP contribution is -2.08. The van der Waals surface area contributed by atoms with Gasteiger partial charge in [-0.05, 0) is 46.1 Å². The fraction of sp³-hybridized carbons (Fsp3) is 0.400. The minimum atomic E-state index is -0.562. The van der Waals surface area contributed by atoms with Crippen LogP contribution in [-0.2, 0) is 19.9 Å². The molecule has 1 aromatic heterocycles. The molecule has 20 heavy (non-hydrogen) atoms. The van der Waals surface area contributed by atoms with E-state index in [1.54, 1.807) is 11.8 Å². The number of halogens is 1. The molecule has 0 amide bonds. The van der Waals surface area contributed by atoms with Crippen LogP contribution in [0.5, 0.6) is 5.75 Å². The van der Waals surface area contributed by atoms with Crippen molar-refractivity contribution < 1.29 is 9.84 Å². The SMILES string of the molecule is CCc1cc(C(O)Cc2ccc(OC)c(Br)c2)n(C)n1. The number of nitrogens with zero attached hydrogens (tertiary/aromatic N) is 2. The van der Waals surface area contributed by atoms with Crippen LogP contribution in [0.4, 0.5) is 0 Å². The van der Waals surface area contributed by atoms with E-state index in [1.165, 1.54) is 0 Å². The number of hydrogen-bond acceptors (Lipinski definition) is 3. The predicted molar refractivity (Wildman–Crippen MR) is 81.9 cm³/mol. The summed E-state index contributed by atoms with van der Waals surface area (Å²) in [6.07, 6.45) is 0.855. The van der Waals surface area contributed by atoms with Gasteiger partial charge in [-0.3, -0.25) is 4.68 Å². The van der Waals surface area contributed by atoms with Gasteiger partial charge >= 0.3 is 0 Å². The highest BCUT2D eigenvalue weighted by Crippen LogP contribution is 2.28. The zero-order chi connectivity index (χ0) is 14.7. The van der Waals surface area contributed by atoms with Crippen LogP contribution >= 0.6 is 15.9 Å². The lowest BCUT2D eigenvalue weighted by molar-refractivity contribution is 0.168. The number of benzene rings is 1. The average Bonchev–Trinajstić information content (AvgIpc) is 2.80. The molecule has 1 N–H and O–H groups in total. The Kier molecular flexibility index (Phi) is 4.83. The standard InChI is InChI=1S/C15H19BrN2O2/c1-4-11-9-13(18(2)17-11)14(19)8-10-5-6-15(20-3)12(16)7-10/h5-7,9,14,19H,4,8H2,1-3H3. The maximum atomic E-state index is 10.4. The number of rotatable bonds is 5. The van der Waals surface area contributed by atoms with Crippen molar-refractivity contribution in [2.75, 3.05) is 7.11 Å². The first-order chi connectivity index (χ1) is 9.55. The Morgan fingerprint density at radius 1 is 1.40 bits per heavy atom. The smallest absolute Gasteiger partial charge is 0.133 e. The average molecular weight is 339 g/mol. The van der Waals surface area contributed by atoms with Gasteiger partial charge in [0.15, 0.2) is 0 Å². The number of aryl methyl sites for hydroxylation is 2. The van der Waals surface area contributed by atoms with E-state index in [-0.39, 0.29) is 0 Å². The van der Waals surface area contributed by atoms with E-state index in [2.05, 4.69) is 28.0 Å². The highest BCUT2D eigenvalue weighted by Gasteiger charge is 2.15. The molecule has 2 aromatic rings. The number of aliphatic hydroxyl groups is 1. The molecule has 1 atom stereocenters. The van der Waals surface area contributed by atoms with Crippen LogP contribution in [0.1, 0.15) is 30.0 Å². The van der Waals surface area contributed by atoms with Crippen molar-refractivity contribution in [2.45, 2.75) is 25.9 Å². The highest BCUT2D eigenvalue weighted by atomic mass is 79.9. The van der Waals surface area contributed by atoms with Crippen molar-refractivity contribution in [1.82, 2.24) is 9.78 Å². The van der Waals surface area contributed by atoms with Crippen molar-refractivity contribution in [3.05, 3.63) is 45.7 Å². The Hall–Kier alpha value is -1.33. The van der Waals surface area contributed by atoms with E-state index < -0.39 is 6.10 Å². The second kappa shape index (κ2) is 6.41. The summed E-state index contributed by atoms with van der Waals surface area (Å²) in [7, 11) is 3.50. The number of hydrogen-bond donors (Lipinski definition) is 1. The van der Waals surface area contributed by atoms with Crippen molar-refractivity contribution >= 4 is 15.9 Å². The molecule has 1 heterocycles. The van der Waals surface area contributed by atoms with Crippen LogP contribution in [0.3, 0.4) is 0 Å². The lowest BCUT2D eigenvalue weighted by atomic mass is 10.1. The zero-order valence-electron chi connectivity index (χ0n) is 11.9. The maximum Gasteiger partial charge on any atom is 0.133 e. The van der Waals surface area contributed by atoms with Gasteiger partial charge in [-0.25, -0.2) is 0 Å². The van der Waals surface area contributed by atoms with Crippen molar-refractivity contribution in [3.8, 4) is 5.75 Å². The summed E-state index contributed by atoms with van der Waals surface area (Å²) >= 11 is 3.46. The predicted octanol–water partition coefficient (Wildman–Crippen LogP) is 3.03. The van der Waals surface area contributed by atoms with Gasteiger partial charge in [0.2, 0.25) is 0 Å². The Bertz CT molecular complexity index is 596. The summed E-state index contributed by atoms with van der Waals surface area (Å²) in [6.45, 7) is 2.05. The molecule has 0 radical (unpaired) electrons. The lowest BCUT2D eigenvalue weighted by Gasteiger charge is -2.12. The molecule has 4 nitrogen and oxygen atoms in total. The summed E-state index contributed by atoms with van der Waals surface area (Å²) in [5, 5.41) is 14.7. The van der Waals surface area contributed by atoms with E-state index in [4.69, 9.17) is 4.74 Å². The van der Waals surface area contributed by atoms with E-state index in [0.29, 0.717) is 6.42 Å². The molecular formula is C15H19BrN2O2. The van der Waals surface area contributed by atoms with Crippen LogP contribution in [0.2, 0.25) is 0 Å². The number of aromatic nitrogens is 2. The topological polar surface area (TPSA) is 47.3 Å². The van der Waals surface area contributed by atoms with Crippen molar-refractivity contribution in [2.24, 2.45) is 7.05 Å². The molecule has 0 spiro atoms. The van der Waals surface area contributed by atoms with Gasteiger partial charge in [0.1, 0.15) is 5.75 Å². The third-order valence-corrected chi connectivity index (χ3v) is 3.94. The van der Waals surface area contributed by atoms with Crippen LogP contribution < -0.4 is 4.74 Å². The molecule has 2 rings (SSSR count). The Morgan fingerprint density at radius 3 is 2.70 bits per heavy atom. The number of methoxy groups -OCH3 is 1. The second-order valence-electron chi connectivity index (χ2n) is 4.73. The minimum Gasteiger partial charge on any atom is -0.496 e. The normalized spacial score (nSPS) is 12.4. The number of aliphatic hydroxyl groups excluding tert-OH is 1. The van der Waals surface area contributed by atoms with E-state index in [9.17, 15) is 5.11 Å². The molecule has 0 bridgehead atoms. The largest absolute Gasteiger partial charge is 0.496 e. The molecule has 108 valence electrons. The molecule has 1 aromatic carbocycles. The molecule has 0 aliphatic heterocycles. The number of ether oxygens (including phenoxy) is 1. The molecule has 0 fully saturated rings. The van der Waals surface area contributed by atoms with Crippen LogP contribution in [-0.4, -0.2) is 22.0 Å². The van der Waals surface area contributed by atoms with Gasteiger partial charge < -0.3 is 9.84 Å². The molecule has 1 unspecified atom stereocenters. The van der Waals surface area contributed by atoms with E-state index in [0.717, 1.165) is 33.6 Å². The monoisotopic (exact) mass is 338 g/mol. The Labute approximate surface area is 127 Å². The first kappa shape index (κ1) is 15.1. The summed E-state index contributed by atoms with van der Waals surface area (Å²) in [5.74, 6) is 0.789. The van der Waals surface area contributed by atoms with Gasteiger partial charge in [-0.15, -0.1) is 0 Å². The van der Waals surface area contributed by atoms with Gasteiger partial charge in [0.05, 0.1) is 29.1 Å². The zero-order valence-corrected chi connectivity index (χ0v) is 13.5. The fourth-order valence-electron chi connectivity index (χ4n) is 2.19. The van der Waals surface area contributed by atoms with Crippen molar-refractivity contribution in [3.63, 3.8) is 0 Å². The maximum absolute atomic E-state index is 10.4. The summed E-state index contributed by atoms with van der Waals surface area (Å²) < 4.78 is 7.85. The summed E-state index contributed by atoms with van der Waals surface area (Å²) in [6, 6.07) is 7.79. The molecule has 0 aliphatic carbocycles. The van der Waals surface area contributed by atoms with E-state index >= 15 is 0 Å². The molecular weight excluding hydrogens is 320 g/mol. The van der Waals surface area contributed by atoms with Gasteiger partial charge in [-0.1, -0.05) is 13.0 Å². The first-order valence-corrected chi connectivity index (χ1v) is 7.37. The van der Waals surface area contributed by atoms with Gasteiger partial charge in [-0.2, -0.15) is 5.10 Å². The minimum absolute atomic E-state index is 0.547. The van der Waals surface area contributed by atoms with Gasteiger partial charge in [0, 0.05) is 13.5 Å². The molecule has 0 saturated heterocycles. The third-order valence-electron chi connectivity index (χ3n) is 3.32. The quantitative estimate of drug-likeness (QED) is 0.911. The van der Waals surface area contributed by atoms with Crippen LogP contribution in [0.15, 0.2) is 28.7 Å². The highest BCUT2D eigenvalue weighted by molar-refractivity contribution is 9.10. The first-order valence-electron chi connectivity index (χ1n) is 6.58. The molecule has 0 saturated carbocycles. The van der Waals surface area contributed by atoms with Crippen molar-refractivity contribution in [1.29, 1.82) is 0 Å². The molecule has 5 heteroatoms. The summed E-state index contributed by atoms with van der Waals surface area (Å²) in [4.78, 5) is 0. The second-order valence-corrected chi connectivity index (χ2v) is 5.58. The van der Waals surface area contributed by atoms with Crippen LogP contribution in [0, 0.1) is 0 Å². The Balaban J connectivity index is 2.16.